The topological polar surface area (TPSA) is 30.0 Å². The largest absolute Gasteiger partial charge is 0.418 e. The molecule has 0 radical (unpaired) electrons. The molecule has 0 saturated carbocycles. The van der Waals surface area contributed by atoms with Crippen molar-refractivity contribution in [2.75, 3.05) is 0 Å². The average molecular weight is 357 g/mol. The molecule has 2 nitrogen and oxygen atoms in total. The van der Waals surface area contributed by atoms with E-state index in [2.05, 4.69) is 4.98 Å². The lowest BCUT2D eigenvalue weighted by Crippen LogP contribution is -2.09. The standard InChI is InChI=1S/C21H18F3NO/c1-2-3-12-18(26)16-13-25-20-15(10-7-11-17(20)21(22,23)24)19(16)14-8-5-4-6-9-14/h4-11,13H,2-3,12H2,1H3. The van der Waals surface area contributed by atoms with Crippen LogP contribution >= 0.6 is 0 Å². The number of para-hydroxylation sites is 1. The molecule has 2 aromatic carbocycles. The summed E-state index contributed by atoms with van der Waals surface area (Å²) in [5.74, 6) is -0.0995. The minimum Gasteiger partial charge on any atom is -0.294 e. The Bertz CT molecular complexity index is 933. The number of unbranched alkanes of at least 4 members (excludes halogenated alkanes) is 1. The Morgan fingerprint density at radius 1 is 1.04 bits per heavy atom. The fraction of sp³-hybridized carbons (Fsp3) is 0.238. The van der Waals surface area contributed by atoms with Crippen molar-refractivity contribution >= 4 is 16.7 Å². The van der Waals surface area contributed by atoms with Gasteiger partial charge in [-0.05, 0) is 18.1 Å². The Morgan fingerprint density at radius 3 is 2.42 bits per heavy atom. The first-order valence-electron chi connectivity index (χ1n) is 8.51. The zero-order valence-corrected chi connectivity index (χ0v) is 14.3. The minimum absolute atomic E-state index is 0.0995. The van der Waals surface area contributed by atoms with E-state index in [9.17, 15) is 18.0 Å². The van der Waals surface area contributed by atoms with Crippen LogP contribution in [-0.4, -0.2) is 10.8 Å². The van der Waals surface area contributed by atoms with Gasteiger partial charge in [-0.25, -0.2) is 0 Å². The second-order valence-corrected chi connectivity index (χ2v) is 6.14. The molecule has 5 heteroatoms. The highest BCUT2D eigenvalue weighted by molar-refractivity contribution is 6.10. The third-order valence-corrected chi connectivity index (χ3v) is 4.32. The zero-order chi connectivity index (χ0) is 18.7. The van der Waals surface area contributed by atoms with Crippen LogP contribution in [0.2, 0.25) is 0 Å². The number of ketones is 1. The molecule has 0 unspecified atom stereocenters. The van der Waals surface area contributed by atoms with Crippen LogP contribution in [0.4, 0.5) is 13.2 Å². The first-order chi connectivity index (χ1) is 12.4. The van der Waals surface area contributed by atoms with Crippen LogP contribution in [0.1, 0.15) is 42.1 Å². The summed E-state index contributed by atoms with van der Waals surface area (Å²) in [6.07, 6.45) is -1.27. The lowest BCUT2D eigenvalue weighted by Gasteiger charge is -2.15. The second kappa shape index (κ2) is 7.28. The number of hydrogen-bond acceptors (Lipinski definition) is 2. The summed E-state index contributed by atoms with van der Waals surface area (Å²) in [7, 11) is 0. The number of rotatable bonds is 5. The Balaban J connectivity index is 2.31. The van der Waals surface area contributed by atoms with Crippen LogP contribution < -0.4 is 0 Å². The molecule has 134 valence electrons. The van der Waals surface area contributed by atoms with Gasteiger partial charge in [0.25, 0.3) is 0 Å². The number of pyridine rings is 1. The molecular weight excluding hydrogens is 339 g/mol. The van der Waals surface area contributed by atoms with Crippen molar-refractivity contribution in [3.8, 4) is 11.1 Å². The van der Waals surface area contributed by atoms with Gasteiger partial charge < -0.3 is 0 Å². The molecule has 3 rings (SSSR count). The quantitative estimate of drug-likeness (QED) is 0.502. The number of benzene rings is 2. The smallest absolute Gasteiger partial charge is 0.294 e. The van der Waals surface area contributed by atoms with Crippen LogP contribution in [0.25, 0.3) is 22.0 Å². The van der Waals surface area contributed by atoms with Gasteiger partial charge in [0, 0.05) is 29.1 Å². The molecule has 0 bridgehead atoms. The van der Waals surface area contributed by atoms with E-state index in [4.69, 9.17) is 0 Å². The van der Waals surface area contributed by atoms with E-state index in [1.165, 1.54) is 12.3 Å². The van der Waals surface area contributed by atoms with Crippen LogP contribution in [0.5, 0.6) is 0 Å². The Labute approximate surface area is 149 Å². The third-order valence-electron chi connectivity index (χ3n) is 4.32. The van der Waals surface area contributed by atoms with Gasteiger partial charge in [-0.2, -0.15) is 13.2 Å². The summed E-state index contributed by atoms with van der Waals surface area (Å²) in [6.45, 7) is 1.99. The summed E-state index contributed by atoms with van der Waals surface area (Å²) in [4.78, 5) is 16.7. The fourth-order valence-corrected chi connectivity index (χ4v) is 3.05. The molecular formula is C21H18F3NO. The molecule has 0 spiro atoms. The van der Waals surface area contributed by atoms with Crippen LogP contribution in [0.15, 0.2) is 54.7 Å². The van der Waals surface area contributed by atoms with Crippen molar-refractivity contribution in [1.82, 2.24) is 4.98 Å². The molecule has 0 aliphatic heterocycles. The molecule has 0 fully saturated rings. The Morgan fingerprint density at radius 2 is 1.77 bits per heavy atom. The molecule has 0 saturated heterocycles. The molecule has 1 heterocycles. The number of carbonyl (C=O) groups excluding carboxylic acids is 1. The number of halogens is 3. The summed E-state index contributed by atoms with van der Waals surface area (Å²) < 4.78 is 40.1. The molecule has 26 heavy (non-hydrogen) atoms. The molecule has 3 aromatic rings. The van der Waals surface area contributed by atoms with Crippen molar-refractivity contribution in [3.63, 3.8) is 0 Å². The second-order valence-electron chi connectivity index (χ2n) is 6.14. The normalized spacial score (nSPS) is 11.7. The zero-order valence-electron chi connectivity index (χ0n) is 14.3. The van der Waals surface area contributed by atoms with Gasteiger partial charge in [0.1, 0.15) is 0 Å². The van der Waals surface area contributed by atoms with Crippen molar-refractivity contribution in [2.24, 2.45) is 0 Å². The molecule has 0 N–H and O–H groups in total. The van der Waals surface area contributed by atoms with E-state index in [1.54, 1.807) is 30.3 Å². The van der Waals surface area contributed by atoms with Gasteiger partial charge in [-0.1, -0.05) is 55.8 Å². The number of aromatic nitrogens is 1. The molecule has 0 aliphatic carbocycles. The average Bonchev–Trinajstić information content (AvgIpc) is 2.64. The van der Waals surface area contributed by atoms with Gasteiger partial charge in [0.05, 0.1) is 11.1 Å². The molecule has 0 amide bonds. The number of nitrogens with zero attached hydrogens (tertiary/aromatic N) is 1. The fourth-order valence-electron chi connectivity index (χ4n) is 3.05. The van der Waals surface area contributed by atoms with Crippen molar-refractivity contribution in [2.45, 2.75) is 32.4 Å². The van der Waals surface area contributed by atoms with E-state index in [-0.39, 0.29) is 11.3 Å². The summed E-state index contributed by atoms with van der Waals surface area (Å²) in [6, 6.07) is 13.0. The highest BCUT2D eigenvalue weighted by Gasteiger charge is 2.34. The Hall–Kier alpha value is -2.69. The van der Waals surface area contributed by atoms with E-state index in [1.807, 2.05) is 13.0 Å². The van der Waals surface area contributed by atoms with E-state index in [0.717, 1.165) is 18.9 Å². The van der Waals surface area contributed by atoms with Crippen molar-refractivity contribution in [1.29, 1.82) is 0 Å². The van der Waals surface area contributed by atoms with E-state index >= 15 is 0 Å². The third kappa shape index (κ3) is 3.47. The Kier molecular flexibility index (Phi) is 5.07. The predicted octanol–water partition coefficient (Wildman–Crippen LogP) is 6.29. The maximum absolute atomic E-state index is 13.4. The monoisotopic (exact) mass is 357 g/mol. The van der Waals surface area contributed by atoms with Crippen molar-refractivity contribution in [3.05, 3.63) is 65.9 Å². The minimum atomic E-state index is -4.51. The highest BCUT2D eigenvalue weighted by Crippen LogP contribution is 2.38. The number of fused-ring (bicyclic) bond motifs is 1. The summed E-state index contributed by atoms with van der Waals surface area (Å²) in [5.41, 5.74) is 0.670. The SMILES string of the molecule is CCCCC(=O)c1cnc2c(C(F)(F)F)cccc2c1-c1ccccc1. The van der Waals surface area contributed by atoms with Gasteiger partial charge >= 0.3 is 6.18 Å². The lowest BCUT2D eigenvalue weighted by molar-refractivity contribution is -0.136. The van der Waals surface area contributed by atoms with Gasteiger partial charge in [-0.3, -0.25) is 9.78 Å². The van der Waals surface area contributed by atoms with Gasteiger partial charge in [0.15, 0.2) is 5.78 Å². The maximum Gasteiger partial charge on any atom is 0.418 e. The molecule has 0 aliphatic rings. The van der Waals surface area contributed by atoms with E-state index < -0.39 is 11.7 Å². The number of carbonyl (C=O) groups is 1. The number of hydrogen-bond donors (Lipinski definition) is 0. The highest BCUT2D eigenvalue weighted by atomic mass is 19.4. The van der Waals surface area contributed by atoms with Gasteiger partial charge in [-0.15, -0.1) is 0 Å². The number of Topliss-reactive ketones (excluding diaryl/α,β-unsaturated/α-hetero) is 1. The lowest BCUT2D eigenvalue weighted by atomic mass is 9.92. The van der Waals surface area contributed by atoms with Gasteiger partial charge in [0.2, 0.25) is 0 Å². The van der Waals surface area contributed by atoms with E-state index in [0.29, 0.717) is 28.5 Å². The maximum atomic E-state index is 13.4. The van der Waals surface area contributed by atoms with Crippen LogP contribution in [0, 0.1) is 0 Å². The first kappa shape index (κ1) is 18.1. The number of alkyl halides is 3. The van der Waals surface area contributed by atoms with Crippen LogP contribution in [0.3, 0.4) is 0 Å². The predicted molar refractivity (Wildman–Crippen MR) is 96.0 cm³/mol. The first-order valence-corrected chi connectivity index (χ1v) is 8.51. The summed E-state index contributed by atoms with van der Waals surface area (Å²) >= 11 is 0. The van der Waals surface area contributed by atoms with Crippen LogP contribution in [-0.2, 0) is 6.18 Å². The molecule has 0 atom stereocenters. The summed E-state index contributed by atoms with van der Waals surface area (Å²) in [5, 5.41) is 0.341. The van der Waals surface area contributed by atoms with Crippen molar-refractivity contribution < 1.29 is 18.0 Å². The molecule has 1 aromatic heterocycles.